The van der Waals surface area contributed by atoms with Crippen LogP contribution in [-0.2, 0) is 42.7 Å². The number of anilines is 3. The van der Waals surface area contributed by atoms with Gasteiger partial charge in [0.25, 0.3) is 0 Å². The van der Waals surface area contributed by atoms with Crippen LogP contribution < -0.4 is 9.64 Å². The Morgan fingerprint density at radius 1 is 0.545 bits per heavy atom. The minimum absolute atomic E-state index is 0. The van der Waals surface area contributed by atoms with Crippen molar-refractivity contribution in [3.63, 3.8) is 0 Å². The Morgan fingerprint density at radius 3 is 1.65 bits per heavy atom. The molecule has 77 heavy (non-hydrogen) atoms. The Hall–Kier alpha value is -6.88. The number of hydrogen-bond donors (Lipinski definition) is 0. The first kappa shape index (κ1) is 54.9. The first-order chi connectivity index (χ1) is 36.0. The second-order valence-electron chi connectivity index (χ2n) is 24.6. The van der Waals surface area contributed by atoms with Crippen LogP contribution in [0.3, 0.4) is 0 Å². The molecule has 0 unspecified atom stereocenters. The van der Waals surface area contributed by atoms with Crippen molar-refractivity contribution >= 4 is 17.1 Å². The molecule has 0 bridgehead atoms. The van der Waals surface area contributed by atoms with E-state index in [0.717, 1.165) is 67.5 Å². The van der Waals surface area contributed by atoms with E-state index in [4.69, 9.17) is 20.0 Å². The van der Waals surface area contributed by atoms with Gasteiger partial charge in [0.15, 0.2) is 0 Å². The molecule has 2 aromatic heterocycles. The van der Waals surface area contributed by atoms with Crippen molar-refractivity contribution in [3.8, 4) is 39.6 Å². The third kappa shape index (κ3) is 10.3. The zero-order chi connectivity index (χ0) is 54.1. The number of pyridine rings is 1. The summed E-state index contributed by atoms with van der Waals surface area (Å²) in [6.45, 7) is 33.8. The van der Waals surface area contributed by atoms with Crippen LogP contribution in [0.4, 0.5) is 17.1 Å². The molecule has 0 saturated heterocycles. The van der Waals surface area contributed by atoms with Crippen molar-refractivity contribution in [2.45, 2.75) is 137 Å². The summed E-state index contributed by atoms with van der Waals surface area (Å²) in [5.74, 6) is 1.71. The molecular weight excluding hydrogens is 1120 g/mol. The van der Waals surface area contributed by atoms with Crippen LogP contribution in [0.2, 0.25) is 0 Å². The molecule has 0 atom stereocenters. The summed E-state index contributed by atoms with van der Waals surface area (Å²) in [4.78, 5) is 7.79. The molecule has 0 N–H and O–H groups in total. The molecule has 3 heterocycles. The predicted octanol–water partition coefficient (Wildman–Crippen LogP) is 18.3. The summed E-state index contributed by atoms with van der Waals surface area (Å²) in [7, 11) is 0. The number of aromatic nitrogens is 4. The molecule has 1 aliphatic heterocycles. The van der Waals surface area contributed by atoms with Gasteiger partial charge in [-0.3, -0.25) is 4.98 Å². The first-order valence-corrected chi connectivity index (χ1v) is 27.1. The zero-order valence-electron chi connectivity index (χ0n) is 47.6. The molecule has 0 fully saturated rings. The molecule has 7 heteroatoms. The molecule has 0 spiro atoms. The Morgan fingerprint density at radius 2 is 1.10 bits per heavy atom. The third-order valence-corrected chi connectivity index (χ3v) is 15.4. The molecule has 0 saturated carbocycles. The second-order valence-corrected chi connectivity index (χ2v) is 24.6. The van der Waals surface area contributed by atoms with Gasteiger partial charge in [0, 0.05) is 28.9 Å². The molecule has 0 amide bonds. The van der Waals surface area contributed by atoms with Crippen LogP contribution >= 0.6 is 0 Å². The number of fused-ring (bicyclic) bond motifs is 2. The van der Waals surface area contributed by atoms with Crippen LogP contribution in [0, 0.1) is 26.0 Å². The van der Waals surface area contributed by atoms with Crippen molar-refractivity contribution < 1.29 is 25.8 Å². The topological polar surface area (TPSA) is 56.1 Å². The van der Waals surface area contributed by atoms with E-state index >= 15 is 0 Å². The van der Waals surface area contributed by atoms with Gasteiger partial charge in [-0.15, -0.1) is 46.6 Å². The largest absolute Gasteiger partial charge is 2.00 e. The average molecular weight is 1200 g/mol. The van der Waals surface area contributed by atoms with Crippen LogP contribution in [0.1, 0.15) is 163 Å². The van der Waals surface area contributed by atoms with Crippen LogP contribution in [-0.4, -0.2) is 20.0 Å². The molecular formula is C70H73N5OPt. The molecule has 10 rings (SSSR count). The average Bonchev–Trinajstić information content (AvgIpc) is 3.92. The van der Waals surface area contributed by atoms with Crippen LogP contribution in [0.25, 0.3) is 28.1 Å². The molecule has 6 nitrogen and oxygen atoms in total. The molecule has 9 aromatic rings. The Balaban J connectivity index is 0.00000722. The fourth-order valence-electron chi connectivity index (χ4n) is 11.3. The smallest absolute Gasteiger partial charge is 0.509 e. The standard InChI is InChI=1S/C70H73N5O.Pt/c1-44(2)57-25-20-26-58(45(3)4)66(57)61-43-74(73-72-61)54-37-48(65-46(5)21-18-22-47(65)6)38-56(42-54)76-55-24-19-23-52(39-55)70(64-27-16-17-36-71-64)59-40-50(68(10,11)12)30-34-62(59)75(53-32-28-49(29-33-53)67(7,8)9)63-35-31-51(41-60(63)70)69(13,14)15;/h16-38,40-41,43-45H,1-15H3;/q-2;+2. The second kappa shape index (κ2) is 20.8. The minimum Gasteiger partial charge on any atom is -0.509 e. The zero-order valence-corrected chi connectivity index (χ0v) is 49.9. The van der Waals surface area contributed by atoms with Crippen molar-refractivity contribution in [1.82, 2.24) is 20.0 Å². The van der Waals surface area contributed by atoms with Crippen LogP contribution in [0.5, 0.6) is 11.5 Å². The molecule has 7 aromatic carbocycles. The normalized spacial score (nSPS) is 13.3. The van der Waals surface area contributed by atoms with Crippen molar-refractivity contribution in [2.24, 2.45) is 0 Å². The number of ether oxygens (including phenoxy) is 1. The summed E-state index contributed by atoms with van der Waals surface area (Å²) in [6.07, 6.45) is 3.96. The SMILES string of the molecule is Cc1cccc(C)c1-c1cc(Oc2[c-]c(C3(c4ccccn4)c4cc(C(C)(C)C)ccc4N(c4ccc(C(C)(C)C)cc4)c4ccc(C(C)(C)C)cc43)ccc2)[c-]c(-n2cc(-c3c(C(C)C)cccc3C(C)C)nn2)c1.[Pt+2]. The fraction of sp³-hybridized carbons (Fsp3) is 0.300. The Bertz CT molecular complexity index is 3490. The summed E-state index contributed by atoms with van der Waals surface area (Å²) >= 11 is 0. The van der Waals surface area contributed by atoms with E-state index in [1.165, 1.54) is 38.9 Å². The summed E-state index contributed by atoms with van der Waals surface area (Å²) < 4.78 is 8.99. The van der Waals surface area contributed by atoms with E-state index in [2.05, 4.69) is 254 Å². The van der Waals surface area contributed by atoms with Gasteiger partial charge < -0.3 is 9.64 Å². The maximum Gasteiger partial charge on any atom is 2.00 e. The molecule has 394 valence electrons. The van der Waals surface area contributed by atoms with Crippen LogP contribution in [0.15, 0.2) is 158 Å². The first-order valence-electron chi connectivity index (χ1n) is 27.1. The quantitative estimate of drug-likeness (QED) is 0.128. The van der Waals surface area contributed by atoms with E-state index in [9.17, 15) is 0 Å². The number of nitrogens with zero attached hydrogens (tertiary/aromatic N) is 5. The fourth-order valence-corrected chi connectivity index (χ4v) is 11.3. The van der Waals surface area contributed by atoms with Crippen molar-refractivity contribution in [2.75, 3.05) is 4.90 Å². The molecule has 1 aliphatic rings. The maximum absolute atomic E-state index is 7.14. The molecule has 0 radical (unpaired) electrons. The number of aryl methyl sites for hydroxylation is 2. The van der Waals surface area contributed by atoms with Gasteiger partial charge in [0.05, 0.1) is 28.7 Å². The van der Waals surface area contributed by atoms with Gasteiger partial charge in [-0.1, -0.05) is 174 Å². The number of hydrogen-bond acceptors (Lipinski definition) is 5. The van der Waals surface area contributed by atoms with Gasteiger partial charge >= 0.3 is 21.1 Å². The van der Waals surface area contributed by atoms with Gasteiger partial charge in [0.2, 0.25) is 0 Å². The summed E-state index contributed by atoms with van der Waals surface area (Å²) in [6, 6.07) is 60.7. The van der Waals surface area contributed by atoms with E-state index < -0.39 is 5.41 Å². The number of rotatable bonds is 10. The van der Waals surface area contributed by atoms with Gasteiger partial charge in [0.1, 0.15) is 5.69 Å². The minimum atomic E-state index is -0.942. The van der Waals surface area contributed by atoms with Gasteiger partial charge in [-0.2, -0.15) is 12.1 Å². The Labute approximate surface area is 473 Å². The van der Waals surface area contributed by atoms with Gasteiger partial charge in [-0.05, 0) is 140 Å². The summed E-state index contributed by atoms with van der Waals surface area (Å²) in [5, 5.41) is 9.66. The predicted molar refractivity (Wildman–Crippen MR) is 315 cm³/mol. The van der Waals surface area contributed by atoms with Gasteiger partial charge in [-0.25, -0.2) is 4.68 Å². The van der Waals surface area contributed by atoms with E-state index in [0.29, 0.717) is 23.3 Å². The monoisotopic (exact) mass is 1190 g/mol. The van der Waals surface area contributed by atoms with E-state index in [1.54, 1.807) is 0 Å². The van der Waals surface area contributed by atoms with E-state index in [-0.39, 0.29) is 37.3 Å². The number of benzene rings is 7. The summed E-state index contributed by atoms with van der Waals surface area (Å²) in [5.41, 5.74) is 19.5. The molecule has 0 aliphatic carbocycles. The van der Waals surface area contributed by atoms with Crippen molar-refractivity contribution in [3.05, 3.63) is 231 Å². The Kier molecular flexibility index (Phi) is 14.8. The van der Waals surface area contributed by atoms with E-state index in [1.807, 2.05) is 29.2 Å². The van der Waals surface area contributed by atoms with Crippen molar-refractivity contribution in [1.29, 1.82) is 0 Å². The maximum atomic E-state index is 7.14. The third-order valence-electron chi connectivity index (χ3n) is 15.4.